The number of aryl methyl sites for hydroxylation is 2. The number of benzene rings is 1. The van der Waals surface area contributed by atoms with Gasteiger partial charge in [-0.3, -0.25) is 4.79 Å². The summed E-state index contributed by atoms with van der Waals surface area (Å²) >= 11 is 13.2. The van der Waals surface area contributed by atoms with Gasteiger partial charge < -0.3 is 11.1 Å². The number of nitrogens with zero attached hydrogens (tertiary/aromatic N) is 1. The Morgan fingerprint density at radius 2 is 1.83 bits per heavy atom. The summed E-state index contributed by atoms with van der Waals surface area (Å²) in [5.41, 5.74) is 9.02. The molecule has 0 spiro atoms. The Hall–Kier alpha value is -1.82. The minimum absolute atomic E-state index is 0.305. The Balaban J connectivity index is 2.01. The first-order valence-electron chi connectivity index (χ1n) is 6.79. The van der Waals surface area contributed by atoms with Crippen molar-refractivity contribution in [2.75, 3.05) is 11.1 Å². The number of aromatic nitrogens is 1. The van der Waals surface area contributed by atoms with E-state index in [2.05, 4.69) is 10.3 Å². The Morgan fingerprint density at radius 1 is 1.17 bits per heavy atom. The number of hydrogen-bond donors (Lipinski definition) is 2. The van der Waals surface area contributed by atoms with E-state index in [-0.39, 0.29) is 5.91 Å². The fraction of sp³-hybridized carbons (Fsp3) is 0.125. The number of fused-ring (bicyclic) bond motifs is 1. The first-order valence-corrected chi connectivity index (χ1v) is 8.36. The number of hydrogen-bond acceptors (Lipinski definition) is 4. The number of nitrogens with one attached hydrogen (secondary N) is 1. The molecule has 2 heterocycles. The smallest absolute Gasteiger partial charge is 0.267 e. The van der Waals surface area contributed by atoms with Gasteiger partial charge in [0.1, 0.15) is 9.71 Å². The molecule has 3 aromatic rings. The largest absolute Gasteiger partial charge is 0.397 e. The highest BCUT2D eigenvalue weighted by molar-refractivity contribution is 7.21. The van der Waals surface area contributed by atoms with Gasteiger partial charge in [-0.1, -0.05) is 23.2 Å². The molecule has 2 aromatic heterocycles. The van der Waals surface area contributed by atoms with Gasteiger partial charge in [0.25, 0.3) is 5.91 Å². The molecule has 0 saturated heterocycles. The number of halogens is 2. The van der Waals surface area contributed by atoms with Gasteiger partial charge in [0.15, 0.2) is 0 Å². The van der Waals surface area contributed by atoms with E-state index in [0.29, 0.717) is 26.3 Å². The van der Waals surface area contributed by atoms with Crippen LogP contribution in [0.1, 0.15) is 20.9 Å². The van der Waals surface area contributed by atoms with Gasteiger partial charge in [-0.05, 0) is 43.7 Å². The predicted octanol–water partition coefficient (Wildman–Crippen LogP) is 5.05. The number of nitrogen functional groups attached to an aromatic ring is 1. The zero-order valence-corrected chi connectivity index (χ0v) is 14.7. The zero-order chi connectivity index (χ0) is 16.7. The summed E-state index contributed by atoms with van der Waals surface area (Å²) in [7, 11) is 0. The summed E-state index contributed by atoms with van der Waals surface area (Å²) in [5.74, 6) is -0.305. The van der Waals surface area contributed by atoms with Gasteiger partial charge in [-0.15, -0.1) is 11.3 Å². The van der Waals surface area contributed by atoms with E-state index in [4.69, 9.17) is 28.9 Å². The molecule has 0 aliphatic carbocycles. The van der Waals surface area contributed by atoms with Crippen LogP contribution in [0.25, 0.3) is 10.2 Å². The lowest BCUT2D eigenvalue weighted by atomic mass is 10.1. The van der Waals surface area contributed by atoms with E-state index in [1.807, 2.05) is 19.9 Å². The van der Waals surface area contributed by atoms with Crippen molar-refractivity contribution in [3.8, 4) is 0 Å². The second-order valence-electron chi connectivity index (χ2n) is 5.22. The van der Waals surface area contributed by atoms with Gasteiger partial charge in [-0.25, -0.2) is 4.98 Å². The Labute approximate surface area is 147 Å². The highest BCUT2D eigenvalue weighted by Crippen LogP contribution is 2.35. The number of pyridine rings is 1. The molecule has 118 valence electrons. The highest BCUT2D eigenvalue weighted by atomic mass is 35.5. The molecule has 0 fully saturated rings. The third-order valence-electron chi connectivity index (χ3n) is 3.35. The topological polar surface area (TPSA) is 68.0 Å². The fourth-order valence-corrected chi connectivity index (χ4v) is 4.09. The summed E-state index contributed by atoms with van der Waals surface area (Å²) in [6.07, 6.45) is 0. The normalized spacial score (nSPS) is 11.0. The second-order valence-corrected chi connectivity index (χ2v) is 7.09. The molecule has 0 unspecified atom stereocenters. The Morgan fingerprint density at radius 3 is 2.48 bits per heavy atom. The Bertz CT molecular complexity index is 916. The van der Waals surface area contributed by atoms with Crippen molar-refractivity contribution in [3.05, 3.63) is 50.4 Å². The maximum Gasteiger partial charge on any atom is 0.267 e. The predicted molar refractivity (Wildman–Crippen MR) is 97.9 cm³/mol. The van der Waals surface area contributed by atoms with Gasteiger partial charge in [-0.2, -0.15) is 0 Å². The molecule has 23 heavy (non-hydrogen) atoms. The number of carbonyl (C=O) groups is 1. The lowest BCUT2D eigenvalue weighted by molar-refractivity contribution is 0.103. The van der Waals surface area contributed by atoms with Crippen molar-refractivity contribution in [2.24, 2.45) is 0 Å². The van der Waals surface area contributed by atoms with Crippen molar-refractivity contribution >= 4 is 62.0 Å². The SMILES string of the molecule is Cc1cc(C)c2c(N)c(C(=O)Nc3cc(Cl)cc(Cl)c3)sc2n1. The molecule has 1 amide bonds. The van der Waals surface area contributed by atoms with Crippen molar-refractivity contribution in [3.63, 3.8) is 0 Å². The van der Waals surface area contributed by atoms with Gasteiger partial charge in [0, 0.05) is 26.8 Å². The number of carbonyl (C=O) groups excluding carboxylic acids is 1. The quantitative estimate of drug-likeness (QED) is 0.667. The van der Waals surface area contributed by atoms with Crippen molar-refractivity contribution < 1.29 is 4.79 Å². The number of nitrogens with two attached hydrogens (primary N) is 1. The summed E-state index contributed by atoms with van der Waals surface area (Å²) in [6.45, 7) is 3.87. The molecule has 1 aromatic carbocycles. The molecule has 0 radical (unpaired) electrons. The summed E-state index contributed by atoms with van der Waals surface area (Å²) in [4.78, 5) is 18.2. The molecule has 0 saturated carbocycles. The van der Waals surface area contributed by atoms with E-state index in [1.54, 1.807) is 18.2 Å². The lowest BCUT2D eigenvalue weighted by Gasteiger charge is -2.06. The molecular formula is C16H13Cl2N3OS. The molecule has 0 atom stereocenters. The second kappa shape index (κ2) is 6.00. The molecule has 3 rings (SSSR count). The molecular weight excluding hydrogens is 353 g/mol. The summed E-state index contributed by atoms with van der Waals surface area (Å²) in [6, 6.07) is 6.80. The molecule has 0 aliphatic rings. The van der Waals surface area contributed by atoms with Crippen molar-refractivity contribution in [2.45, 2.75) is 13.8 Å². The standard InChI is InChI=1S/C16H13Cl2N3OS/c1-7-3-8(2)20-16-12(7)13(19)14(23-16)15(22)21-11-5-9(17)4-10(18)6-11/h3-6H,19H2,1-2H3,(H,21,22). The first-order chi connectivity index (χ1) is 10.8. The minimum atomic E-state index is -0.305. The van der Waals surface area contributed by atoms with Crippen LogP contribution in [-0.2, 0) is 0 Å². The lowest BCUT2D eigenvalue weighted by Crippen LogP contribution is -2.12. The third kappa shape index (κ3) is 3.13. The summed E-state index contributed by atoms with van der Waals surface area (Å²) < 4.78 is 0. The van der Waals surface area contributed by atoms with E-state index in [9.17, 15) is 4.79 Å². The van der Waals surface area contributed by atoms with Crippen LogP contribution in [0.15, 0.2) is 24.3 Å². The molecule has 0 bridgehead atoms. The number of thiophene rings is 1. The number of anilines is 2. The van der Waals surface area contributed by atoms with Crippen LogP contribution in [-0.4, -0.2) is 10.9 Å². The zero-order valence-electron chi connectivity index (χ0n) is 12.4. The van der Waals surface area contributed by atoms with E-state index in [1.165, 1.54) is 11.3 Å². The van der Waals surface area contributed by atoms with Crippen LogP contribution in [0.3, 0.4) is 0 Å². The maximum atomic E-state index is 12.5. The maximum absolute atomic E-state index is 12.5. The van der Waals surface area contributed by atoms with Crippen LogP contribution < -0.4 is 11.1 Å². The number of amides is 1. The average molecular weight is 366 g/mol. The van der Waals surface area contributed by atoms with Crippen LogP contribution >= 0.6 is 34.5 Å². The van der Waals surface area contributed by atoms with Gasteiger partial charge >= 0.3 is 0 Å². The minimum Gasteiger partial charge on any atom is -0.397 e. The number of rotatable bonds is 2. The van der Waals surface area contributed by atoms with Gasteiger partial charge in [0.05, 0.1) is 5.69 Å². The fourth-order valence-electron chi connectivity index (χ4n) is 2.45. The van der Waals surface area contributed by atoms with Crippen molar-refractivity contribution in [1.82, 2.24) is 4.98 Å². The first kappa shape index (κ1) is 16.1. The Kier molecular flexibility index (Phi) is 4.19. The van der Waals surface area contributed by atoms with Crippen LogP contribution in [0.4, 0.5) is 11.4 Å². The molecule has 0 aliphatic heterocycles. The van der Waals surface area contributed by atoms with Crippen LogP contribution in [0, 0.1) is 13.8 Å². The molecule has 3 N–H and O–H groups in total. The highest BCUT2D eigenvalue weighted by Gasteiger charge is 2.19. The monoisotopic (exact) mass is 365 g/mol. The molecule has 7 heteroatoms. The average Bonchev–Trinajstić information content (AvgIpc) is 2.74. The van der Waals surface area contributed by atoms with Crippen molar-refractivity contribution in [1.29, 1.82) is 0 Å². The van der Waals surface area contributed by atoms with E-state index in [0.717, 1.165) is 21.5 Å². The molecule has 4 nitrogen and oxygen atoms in total. The van der Waals surface area contributed by atoms with Crippen LogP contribution in [0.2, 0.25) is 10.0 Å². The van der Waals surface area contributed by atoms with Gasteiger partial charge in [0.2, 0.25) is 0 Å². The van der Waals surface area contributed by atoms with Crippen LogP contribution in [0.5, 0.6) is 0 Å². The third-order valence-corrected chi connectivity index (χ3v) is 4.89. The van der Waals surface area contributed by atoms with E-state index >= 15 is 0 Å². The summed E-state index contributed by atoms with van der Waals surface area (Å²) in [5, 5.41) is 4.50. The van der Waals surface area contributed by atoms with E-state index < -0.39 is 0 Å².